The SMILES string of the molecule is CN(C)c1ccc(CNC(=O)[C@H]2CCCN(c3ccc(N4CCOCC4)nn3)C2)cc1. The molecule has 2 aliphatic heterocycles. The van der Waals surface area contributed by atoms with Gasteiger partial charge in [0.2, 0.25) is 5.91 Å². The van der Waals surface area contributed by atoms with Crippen LogP contribution < -0.4 is 20.0 Å². The predicted molar refractivity (Wildman–Crippen MR) is 123 cm³/mol. The number of nitrogens with zero attached hydrogens (tertiary/aromatic N) is 5. The van der Waals surface area contributed by atoms with E-state index in [-0.39, 0.29) is 11.8 Å². The molecule has 2 saturated heterocycles. The van der Waals surface area contributed by atoms with Crippen molar-refractivity contribution in [2.45, 2.75) is 19.4 Å². The van der Waals surface area contributed by atoms with Gasteiger partial charge in [-0.1, -0.05) is 12.1 Å². The Kier molecular flexibility index (Phi) is 6.86. The Labute approximate surface area is 184 Å². The fraction of sp³-hybridized carbons (Fsp3) is 0.522. The summed E-state index contributed by atoms with van der Waals surface area (Å²) in [6.07, 6.45) is 1.88. The summed E-state index contributed by atoms with van der Waals surface area (Å²) in [5.41, 5.74) is 2.26. The lowest BCUT2D eigenvalue weighted by Gasteiger charge is -2.33. The van der Waals surface area contributed by atoms with E-state index >= 15 is 0 Å². The zero-order valence-corrected chi connectivity index (χ0v) is 18.5. The standard InChI is InChI=1S/C23H32N6O2/c1-27(2)20-7-5-18(6-8-20)16-24-23(30)19-4-3-11-29(17-19)22-10-9-21(25-26-22)28-12-14-31-15-13-28/h5-10,19H,3-4,11-17H2,1-2H3,(H,24,30)/t19-/m0/s1. The first kappa shape index (κ1) is 21.4. The van der Waals surface area contributed by atoms with E-state index in [4.69, 9.17) is 4.74 Å². The van der Waals surface area contributed by atoms with Crippen LogP contribution in [0.3, 0.4) is 0 Å². The number of amides is 1. The van der Waals surface area contributed by atoms with Crippen LogP contribution in [0.5, 0.6) is 0 Å². The molecule has 2 aromatic rings. The highest BCUT2D eigenvalue weighted by atomic mass is 16.5. The van der Waals surface area contributed by atoms with Crippen LogP contribution in [0, 0.1) is 5.92 Å². The van der Waals surface area contributed by atoms with Crippen molar-refractivity contribution >= 4 is 23.2 Å². The highest BCUT2D eigenvalue weighted by molar-refractivity contribution is 5.79. The van der Waals surface area contributed by atoms with Crippen molar-refractivity contribution in [2.75, 3.05) is 68.2 Å². The zero-order valence-electron chi connectivity index (χ0n) is 18.5. The van der Waals surface area contributed by atoms with Gasteiger partial charge in [0.25, 0.3) is 0 Å². The molecule has 3 heterocycles. The van der Waals surface area contributed by atoms with E-state index in [1.807, 2.05) is 26.2 Å². The number of hydrogen-bond donors (Lipinski definition) is 1. The minimum absolute atomic E-state index is 0.0319. The van der Waals surface area contributed by atoms with Crippen LogP contribution in [0.2, 0.25) is 0 Å². The monoisotopic (exact) mass is 424 g/mol. The molecule has 0 spiro atoms. The first-order valence-corrected chi connectivity index (χ1v) is 11.1. The van der Waals surface area contributed by atoms with Crippen LogP contribution in [0.1, 0.15) is 18.4 Å². The summed E-state index contributed by atoms with van der Waals surface area (Å²) in [5.74, 6) is 1.81. The molecule has 0 unspecified atom stereocenters. The molecule has 1 N–H and O–H groups in total. The van der Waals surface area contributed by atoms with Gasteiger partial charge in [0.15, 0.2) is 11.6 Å². The van der Waals surface area contributed by atoms with Gasteiger partial charge >= 0.3 is 0 Å². The highest BCUT2D eigenvalue weighted by Crippen LogP contribution is 2.23. The summed E-state index contributed by atoms with van der Waals surface area (Å²) in [6.45, 7) is 5.28. The van der Waals surface area contributed by atoms with Gasteiger partial charge in [0, 0.05) is 52.5 Å². The molecule has 0 radical (unpaired) electrons. The Morgan fingerprint density at radius 1 is 1.03 bits per heavy atom. The molecule has 4 rings (SSSR count). The van der Waals surface area contributed by atoms with Crippen molar-refractivity contribution in [1.29, 1.82) is 0 Å². The van der Waals surface area contributed by atoms with E-state index in [0.29, 0.717) is 13.1 Å². The number of aromatic nitrogens is 2. The Morgan fingerprint density at radius 2 is 1.71 bits per heavy atom. The number of hydrogen-bond acceptors (Lipinski definition) is 7. The molecular formula is C23H32N6O2. The normalized spacial score (nSPS) is 19.2. The molecule has 8 heteroatoms. The van der Waals surface area contributed by atoms with Crippen molar-refractivity contribution in [3.8, 4) is 0 Å². The second-order valence-corrected chi connectivity index (χ2v) is 8.41. The molecule has 0 aliphatic carbocycles. The lowest BCUT2D eigenvalue weighted by molar-refractivity contribution is -0.125. The number of rotatable bonds is 6. The molecule has 1 aromatic heterocycles. The number of carbonyl (C=O) groups is 1. The van der Waals surface area contributed by atoms with E-state index in [9.17, 15) is 4.79 Å². The van der Waals surface area contributed by atoms with Crippen LogP contribution >= 0.6 is 0 Å². The third kappa shape index (κ3) is 5.44. The topological polar surface area (TPSA) is 73.8 Å². The molecule has 1 atom stereocenters. The van der Waals surface area contributed by atoms with Crippen LogP contribution in [0.25, 0.3) is 0 Å². The van der Waals surface area contributed by atoms with Gasteiger partial charge in [0.1, 0.15) is 0 Å². The zero-order chi connectivity index (χ0) is 21.6. The van der Waals surface area contributed by atoms with E-state index in [0.717, 1.165) is 68.6 Å². The third-order valence-corrected chi connectivity index (χ3v) is 6.01. The van der Waals surface area contributed by atoms with E-state index in [1.54, 1.807) is 0 Å². The highest BCUT2D eigenvalue weighted by Gasteiger charge is 2.26. The van der Waals surface area contributed by atoms with Crippen molar-refractivity contribution in [3.05, 3.63) is 42.0 Å². The van der Waals surface area contributed by atoms with Crippen LogP contribution in [0.4, 0.5) is 17.3 Å². The van der Waals surface area contributed by atoms with Gasteiger partial charge in [-0.05, 0) is 42.7 Å². The summed E-state index contributed by atoms with van der Waals surface area (Å²) in [7, 11) is 4.04. The maximum Gasteiger partial charge on any atom is 0.225 e. The molecule has 0 saturated carbocycles. The number of anilines is 3. The van der Waals surface area contributed by atoms with Crippen molar-refractivity contribution in [1.82, 2.24) is 15.5 Å². The van der Waals surface area contributed by atoms with Gasteiger partial charge in [-0.2, -0.15) is 0 Å². The summed E-state index contributed by atoms with van der Waals surface area (Å²) in [6, 6.07) is 12.3. The smallest absolute Gasteiger partial charge is 0.225 e. The number of carbonyl (C=O) groups excluding carboxylic acids is 1. The maximum atomic E-state index is 12.8. The van der Waals surface area contributed by atoms with E-state index in [2.05, 4.69) is 54.5 Å². The van der Waals surface area contributed by atoms with Gasteiger partial charge < -0.3 is 24.8 Å². The van der Waals surface area contributed by atoms with Crippen molar-refractivity contribution in [3.63, 3.8) is 0 Å². The van der Waals surface area contributed by atoms with E-state index in [1.165, 1.54) is 0 Å². The minimum atomic E-state index is -0.0319. The first-order valence-electron chi connectivity index (χ1n) is 11.1. The second kappa shape index (κ2) is 9.96. The van der Waals surface area contributed by atoms with E-state index < -0.39 is 0 Å². The number of morpholine rings is 1. The Hall–Kier alpha value is -2.87. The molecule has 0 bridgehead atoms. The molecule has 1 aromatic carbocycles. The van der Waals surface area contributed by atoms with Gasteiger partial charge in [-0.25, -0.2) is 0 Å². The fourth-order valence-electron chi connectivity index (χ4n) is 4.09. The largest absolute Gasteiger partial charge is 0.378 e. The summed E-state index contributed by atoms with van der Waals surface area (Å²) in [5, 5.41) is 12.0. The number of ether oxygens (including phenoxy) is 1. The van der Waals surface area contributed by atoms with Gasteiger partial charge in [-0.15, -0.1) is 10.2 Å². The summed E-state index contributed by atoms with van der Waals surface area (Å²) >= 11 is 0. The quantitative estimate of drug-likeness (QED) is 0.759. The van der Waals surface area contributed by atoms with Crippen molar-refractivity contribution < 1.29 is 9.53 Å². The number of piperidine rings is 1. The molecule has 31 heavy (non-hydrogen) atoms. The predicted octanol–water partition coefficient (Wildman–Crippen LogP) is 1.91. The summed E-state index contributed by atoms with van der Waals surface area (Å²) < 4.78 is 5.40. The fourth-order valence-corrected chi connectivity index (χ4v) is 4.09. The maximum absolute atomic E-state index is 12.8. The molecule has 1 amide bonds. The Balaban J connectivity index is 1.30. The van der Waals surface area contributed by atoms with Crippen LogP contribution in [-0.4, -0.2) is 69.6 Å². The summed E-state index contributed by atoms with van der Waals surface area (Å²) in [4.78, 5) is 19.2. The molecular weight excluding hydrogens is 392 g/mol. The molecule has 2 fully saturated rings. The Morgan fingerprint density at radius 3 is 2.35 bits per heavy atom. The number of benzene rings is 1. The molecule has 2 aliphatic rings. The number of nitrogens with one attached hydrogen (secondary N) is 1. The molecule has 8 nitrogen and oxygen atoms in total. The lowest BCUT2D eigenvalue weighted by Crippen LogP contribution is -2.43. The van der Waals surface area contributed by atoms with Crippen molar-refractivity contribution in [2.24, 2.45) is 5.92 Å². The average Bonchev–Trinajstić information content (AvgIpc) is 2.83. The van der Waals surface area contributed by atoms with Crippen LogP contribution in [0.15, 0.2) is 36.4 Å². The first-order chi connectivity index (χ1) is 15.1. The second-order valence-electron chi connectivity index (χ2n) is 8.41. The minimum Gasteiger partial charge on any atom is -0.378 e. The van der Waals surface area contributed by atoms with Gasteiger partial charge in [0.05, 0.1) is 19.1 Å². The molecule has 166 valence electrons. The third-order valence-electron chi connectivity index (χ3n) is 6.01. The Bertz CT molecular complexity index is 849. The van der Waals surface area contributed by atoms with Crippen LogP contribution in [-0.2, 0) is 16.1 Å². The average molecular weight is 425 g/mol. The van der Waals surface area contributed by atoms with Gasteiger partial charge in [-0.3, -0.25) is 4.79 Å². The lowest BCUT2D eigenvalue weighted by atomic mass is 9.97.